The molecule has 3 aromatic rings. The number of hydrogen-bond donors (Lipinski definition) is 2. The third kappa shape index (κ3) is 5.81. The second kappa shape index (κ2) is 11.7. The summed E-state index contributed by atoms with van der Waals surface area (Å²) in [6.07, 6.45) is 5.64. The lowest BCUT2D eigenvalue weighted by Gasteiger charge is -2.39. The van der Waals surface area contributed by atoms with Gasteiger partial charge in [0.05, 0.1) is 41.3 Å². The Labute approximate surface area is 217 Å². The number of nitrogens with zero attached hydrogens (tertiary/aromatic N) is 3. The van der Waals surface area contributed by atoms with Crippen LogP contribution in [0.5, 0.6) is 5.75 Å². The Bertz CT molecular complexity index is 1240. The van der Waals surface area contributed by atoms with Crippen LogP contribution in [0.2, 0.25) is 0 Å². The molecule has 2 N–H and O–H groups in total. The van der Waals surface area contributed by atoms with Crippen LogP contribution in [0.25, 0.3) is 10.9 Å². The summed E-state index contributed by atoms with van der Waals surface area (Å²) in [5.41, 5.74) is 4.57. The van der Waals surface area contributed by atoms with Gasteiger partial charge in [0.1, 0.15) is 5.75 Å². The van der Waals surface area contributed by atoms with Crippen LogP contribution < -0.4 is 15.1 Å². The number of hydroxylamine groups is 1. The number of hydrogen-bond acceptors (Lipinski definition) is 7. The number of rotatable bonds is 8. The van der Waals surface area contributed by atoms with Crippen molar-refractivity contribution in [3.8, 4) is 17.6 Å². The molecule has 190 valence electrons. The molecular formula is C28H34N4O3S. The fraction of sp³-hybridized carbons (Fsp3) is 0.429. The van der Waals surface area contributed by atoms with Crippen LogP contribution in [0.15, 0.2) is 41.9 Å². The lowest BCUT2D eigenvalue weighted by atomic mass is 9.73. The number of amides is 1. The van der Waals surface area contributed by atoms with Crippen LogP contribution in [0.1, 0.15) is 36.1 Å². The fourth-order valence-corrected chi connectivity index (χ4v) is 5.62. The number of pyridine rings is 1. The molecule has 0 atom stereocenters. The van der Waals surface area contributed by atoms with Gasteiger partial charge in [-0.15, -0.1) is 11.3 Å². The van der Waals surface area contributed by atoms with Crippen LogP contribution in [-0.4, -0.2) is 61.8 Å². The fourth-order valence-electron chi connectivity index (χ4n) is 5.03. The Kier molecular flexibility index (Phi) is 8.47. The molecule has 1 aliphatic rings. The van der Waals surface area contributed by atoms with Crippen molar-refractivity contribution in [1.82, 2.24) is 15.4 Å². The molecule has 4 rings (SSSR count). The molecule has 3 heterocycles. The molecule has 7 nitrogen and oxygen atoms in total. The van der Waals surface area contributed by atoms with E-state index in [1.54, 1.807) is 18.4 Å². The Balaban J connectivity index is 1.46. The highest BCUT2D eigenvalue weighted by Gasteiger charge is 2.40. The summed E-state index contributed by atoms with van der Waals surface area (Å²) >= 11 is 1.64. The molecule has 0 bridgehead atoms. The maximum Gasteiger partial charge on any atom is 0.249 e. The number of nitrogens with one attached hydrogen (secondary N) is 1. The highest BCUT2D eigenvalue weighted by molar-refractivity contribution is 7.10. The molecule has 0 saturated carbocycles. The highest BCUT2D eigenvalue weighted by Crippen LogP contribution is 2.38. The van der Waals surface area contributed by atoms with E-state index in [2.05, 4.69) is 26.6 Å². The number of piperidine rings is 1. The molecule has 1 saturated heterocycles. The van der Waals surface area contributed by atoms with Gasteiger partial charge >= 0.3 is 0 Å². The van der Waals surface area contributed by atoms with Gasteiger partial charge in [0.15, 0.2) is 0 Å². The molecule has 1 fully saturated rings. The second-order valence-corrected chi connectivity index (χ2v) is 10.5. The summed E-state index contributed by atoms with van der Waals surface area (Å²) in [7, 11) is 5.70. The van der Waals surface area contributed by atoms with E-state index < -0.39 is 5.41 Å². The molecule has 1 amide bonds. The first-order chi connectivity index (χ1) is 17.5. The van der Waals surface area contributed by atoms with Crippen molar-refractivity contribution >= 4 is 33.8 Å². The highest BCUT2D eigenvalue weighted by atomic mass is 32.1. The van der Waals surface area contributed by atoms with E-state index in [9.17, 15) is 10.0 Å². The maximum absolute atomic E-state index is 12.8. The van der Waals surface area contributed by atoms with Crippen LogP contribution in [0.3, 0.4) is 0 Å². The van der Waals surface area contributed by atoms with Gasteiger partial charge in [-0.3, -0.25) is 19.9 Å². The van der Waals surface area contributed by atoms with Crippen LogP contribution in [0, 0.1) is 17.3 Å². The minimum Gasteiger partial charge on any atom is -0.497 e. The number of anilines is 1. The summed E-state index contributed by atoms with van der Waals surface area (Å²) in [5.74, 6) is 6.98. The molecule has 0 radical (unpaired) electrons. The topological polar surface area (TPSA) is 77.9 Å². The van der Waals surface area contributed by atoms with Gasteiger partial charge in [0.2, 0.25) is 5.91 Å². The predicted molar refractivity (Wildman–Crippen MR) is 145 cm³/mol. The summed E-state index contributed by atoms with van der Waals surface area (Å²) in [6, 6.07) is 9.97. The van der Waals surface area contributed by atoms with Crippen molar-refractivity contribution in [2.45, 2.75) is 32.1 Å². The Hall–Kier alpha value is -3.12. The smallest absolute Gasteiger partial charge is 0.249 e. The number of likely N-dealkylation sites (tertiary alicyclic amines) is 1. The minimum atomic E-state index is -0.578. The van der Waals surface area contributed by atoms with Gasteiger partial charge < -0.3 is 9.64 Å². The van der Waals surface area contributed by atoms with E-state index >= 15 is 0 Å². The zero-order valence-electron chi connectivity index (χ0n) is 21.2. The Morgan fingerprint density at radius 2 is 2.11 bits per heavy atom. The zero-order valence-corrected chi connectivity index (χ0v) is 22.0. The number of benzene rings is 1. The molecule has 2 aromatic heterocycles. The van der Waals surface area contributed by atoms with Crippen LogP contribution in [-0.2, 0) is 11.2 Å². The standard InChI is InChI=1S/C28H34N4O3S/c1-31(2)26-20-29-25-11-10-21(35-3)19-24(25)23(26)9-4-12-28(27(33)30-34)13-16-32(17-14-28)15-5-7-22-8-6-18-36-22/h6,8,10-11,18-20,34H,4,9,12-17H2,1-3H3,(H,30,33). The molecule has 0 unspecified atom stereocenters. The molecule has 1 aliphatic heterocycles. The third-order valence-corrected chi connectivity index (χ3v) is 7.94. The number of ether oxygens (including phenoxy) is 1. The molecule has 36 heavy (non-hydrogen) atoms. The molecular weight excluding hydrogens is 472 g/mol. The summed E-state index contributed by atoms with van der Waals surface area (Å²) < 4.78 is 5.46. The number of carbonyl (C=O) groups is 1. The van der Waals surface area contributed by atoms with Crippen molar-refractivity contribution in [1.29, 1.82) is 0 Å². The maximum atomic E-state index is 12.8. The summed E-state index contributed by atoms with van der Waals surface area (Å²) in [6.45, 7) is 2.25. The van der Waals surface area contributed by atoms with Gasteiger partial charge in [0, 0.05) is 32.6 Å². The number of carbonyl (C=O) groups excluding carboxylic acids is 1. The van der Waals surface area contributed by atoms with E-state index in [0.717, 1.165) is 53.1 Å². The van der Waals surface area contributed by atoms with Gasteiger partial charge in [-0.25, -0.2) is 5.48 Å². The van der Waals surface area contributed by atoms with Gasteiger partial charge in [-0.1, -0.05) is 17.9 Å². The van der Waals surface area contributed by atoms with E-state index in [1.807, 2.05) is 61.5 Å². The van der Waals surface area contributed by atoms with Crippen molar-refractivity contribution in [2.75, 3.05) is 45.7 Å². The molecule has 0 spiro atoms. The average molecular weight is 507 g/mol. The van der Waals surface area contributed by atoms with E-state index in [0.29, 0.717) is 25.8 Å². The number of methoxy groups -OCH3 is 1. The SMILES string of the molecule is COc1ccc2ncc(N(C)C)c(CCCC3(C(=O)NO)CCN(CC#Cc4cccs4)CC3)c2c1. The normalized spacial score (nSPS) is 15.2. The minimum absolute atomic E-state index is 0.277. The lowest BCUT2D eigenvalue weighted by Crippen LogP contribution is -2.48. The van der Waals surface area contributed by atoms with Gasteiger partial charge in [-0.05, 0) is 67.3 Å². The average Bonchev–Trinajstić information content (AvgIpc) is 3.42. The first-order valence-corrected chi connectivity index (χ1v) is 13.2. The Morgan fingerprint density at radius 1 is 1.31 bits per heavy atom. The quantitative estimate of drug-likeness (QED) is 0.269. The first kappa shape index (κ1) is 26.0. The van der Waals surface area contributed by atoms with Crippen molar-refractivity contribution in [3.63, 3.8) is 0 Å². The summed E-state index contributed by atoms with van der Waals surface area (Å²) in [4.78, 5) is 22.9. The Morgan fingerprint density at radius 3 is 2.78 bits per heavy atom. The number of aryl methyl sites for hydroxylation is 1. The molecule has 0 aliphatic carbocycles. The van der Waals surface area contributed by atoms with Gasteiger partial charge in [-0.2, -0.15) is 0 Å². The first-order valence-electron chi connectivity index (χ1n) is 12.3. The number of fused-ring (bicyclic) bond motifs is 1. The largest absolute Gasteiger partial charge is 0.497 e. The van der Waals surface area contributed by atoms with Gasteiger partial charge in [0.25, 0.3) is 0 Å². The van der Waals surface area contributed by atoms with E-state index in [-0.39, 0.29) is 5.91 Å². The van der Waals surface area contributed by atoms with Crippen molar-refractivity contribution < 1.29 is 14.7 Å². The van der Waals surface area contributed by atoms with Crippen molar-refractivity contribution in [3.05, 3.63) is 52.3 Å². The number of aromatic nitrogens is 1. The second-order valence-electron chi connectivity index (χ2n) is 9.53. The van der Waals surface area contributed by atoms with E-state index in [4.69, 9.17) is 4.74 Å². The van der Waals surface area contributed by atoms with Crippen molar-refractivity contribution in [2.24, 2.45) is 5.41 Å². The molecule has 8 heteroatoms. The van der Waals surface area contributed by atoms with E-state index in [1.165, 1.54) is 5.56 Å². The predicted octanol–water partition coefficient (Wildman–Crippen LogP) is 4.33. The zero-order chi connectivity index (χ0) is 25.5. The third-order valence-electron chi connectivity index (χ3n) is 7.16. The monoisotopic (exact) mass is 506 g/mol. The van der Waals surface area contributed by atoms with Crippen LogP contribution >= 0.6 is 11.3 Å². The number of thiophene rings is 1. The lowest BCUT2D eigenvalue weighted by molar-refractivity contribution is -0.143. The van der Waals surface area contributed by atoms with Crippen LogP contribution in [0.4, 0.5) is 5.69 Å². The summed E-state index contributed by atoms with van der Waals surface area (Å²) in [5, 5.41) is 12.6. The molecule has 1 aromatic carbocycles.